The van der Waals surface area contributed by atoms with Crippen molar-refractivity contribution in [1.82, 2.24) is 14.3 Å². The molecule has 3 rings (SSSR count). The van der Waals surface area contributed by atoms with E-state index in [-0.39, 0.29) is 12.0 Å². The number of ether oxygens (including phenoxy) is 1. The van der Waals surface area contributed by atoms with Crippen molar-refractivity contribution in [3.05, 3.63) is 5.82 Å². The Kier molecular flexibility index (Phi) is 3.65. The molecule has 7 heteroatoms. The summed E-state index contributed by atoms with van der Waals surface area (Å²) in [5.74, 6) is 0.914. The fraction of sp³-hybridized carbons (Fsp3) is 0.750. The molecule has 1 amide bonds. The largest absolute Gasteiger partial charge is 0.365 e. The van der Waals surface area contributed by atoms with Gasteiger partial charge in [-0.05, 0) is 19.8 Å². The van der Waals surface area contributed by atoms with Gasteiger partial charge in [-0.25, -0.2) is 4.98 Å². The summed E-state index contributed by atoms with van der Waals surface area (Å²) in [7, 11) is 0. The van der Waals surface area contributed by atoms with Gasteiger partial charge in [0, 0.05) is 31.2 Å². The number of rotatable bonds is 2. The van der Waals surface area contributed by atoms with E-state index >= 15 is 0 Å². The highest BCUT2D eigenvalue weighted by molar-refractivity contribution is 7.09. The molecule has 1 atom stereocenters. The smallest absolute Gasteiger partial charge is 0.253 e. The minimum atomic E-state index is -0.351. The van der Waals surface area contributed by atoms with E-state index in [2.05, 4.69) is 14.3 Å². The Labute approximate surface area is 116 Å². The molecule has 19 heavy (non-hydrogen) atoms. The number of morpholine rings is 1. The monoisotopic (exact) mass is 282 g/mol. The van der Waals surface area contributed by atoms with Crippen LogP contribution in [0.4, 0.5) is 5.13 Å². The summed E-state index contributed by atoms with van der Waals surface area (Å²) in [6, 6.07) is 0. The minimum Gasteiger partial charge on any atom is -0.365 e. The van der Waals surface area contributed by atoms with Crippen LogP contribution in [0.5, 0.6) is 0 Å². The lowest BCUT2D eigenvalue weighted by molar-refractivity contribution is -0.143. The molecule has 2 aliphatic rings. The van der Waals surface area contributed by atoms with Crippen LogP contribution in [0.25, 0.3) is 0 Å². The van der Waals surface area contributed by atoms with Gasteiger partial charge in [0.25, 0.3) is 5.91 Å². The van der Waals surface area contributed by atoms with Gasteiger partial charge in [-0.15, -0.1) is 0 Å². The van der Waals surface area contributed by atoms with Crippen LogP contribution in [0, 0.1) is 6.92 Å². The fourth-order valence-corrected chi connectivity index (χ4v) is 3.24. The van der Waals surface area contributed by atoms with E-state index in [9.17, 15) is 4.79 Å². The molecule has 2 fully saturated rings. The van der Waals surface area contributed by atoms with Crippen molar-refractivity contribution in [3.63, 3.8) is 0 Å². The van der Waals surface area contributed by atoms with Gasteiger partial charge in [0.1, 0.15) is 5.82 Å². The van der Waals surface area contributed by atoms with E-state index in [0.717, 1.165) is 43.4 Å². The second-order valence-electron chi connectivity index (χ2n) is 4.96. The van der Waals surface area contributed by atoms with Crippen molar-refractivity contribution >= 4 is 22.6 Å². The Morgan fingerprint density at radius 2 is 2.16 bits per heavy atom. The molecule has 3 heterocycles. The highest BCUT2D eigenvalue weighted by Crippen LogP contribution is 2.21. The van der Waals surface area contributed by atoms with Crippen molar-refractivity contribution in [3.8, 4) is 0 Å². The van der Waals surface area contributed by atoms with Crippen LogP contribution in [0.1, 0.15) is 18.7 Å². The van der Waals surface area contributed by atoms with E-state index in [1.54, 1.807) is 0 Å². The molecule has 0 aromatic carbocycles. The van der Waals surface area contributed by atoms with Gasteiger partial charge >= 0.3 is 0 Å². The van der Waals surface area contributed by atoms with Crippen LogP contribution in [0.15, 0.2) is 0 Å². The Balaban J connectivity index is 1.65. The van der Waals surface area contributed by atoms with Gasteiger partial charge < -0.3 is 14.5 Å². The van der Waals surface area contributed by atoms with Crippen LogP contribution in [0.2, 0.25) is 0 Å². The van der Waals surface area contributed by atoms with E-state index < -0.39 is 0 Å². The fourth-order valence-electron chi connectivity index (χ4n) is 2.53. The molecule has 0 aliphatic carbocycles. The SMILES string of the molecule is Cc1nsc(N2CCOC(C(=O)N3CCCC3)C2)n1. The van der Waals surface area contributed by atoms with Crippen molar-refractivity contribution in [2.24, 2.45) is 0 Å². The molecule has 0 bridgehead atoms. The molecule has 0 spiro atoms. The third-order valence-electron chi connectivity index (χ3n) is 3.55. The maximum absolute atomic E-state index is 12.3. The number of anilines is 1. The van der Waals surface area contributed by atoms with Crippen molar-refractivity contribution < 1.29 is 9.53 Å². The topological polar surface area (TPSA) is 58.6 Å². The molecule has 1 unspecified atom stereocenters. The standard InChI is InChI=1S/C12H18N4O2S/c1-9-13-12(19-14-9)16-6-7-18-10(8-16)11(17)15-4-2-3-5-15/h10H,2-8H2,1H3. The van der Waals surface area contributed by atoms with Crippen molar-refractivity contribution in [2.75, 3.05) is 37.7 Å². The second kappa shape index (κ2) is 5.42. The lowest BCUT2D eigenvalue weighted by atomic mass is 10.2. The van der Waals surface area contributed by atoms with E-state index in [0.29, 0.717) is 13.2 Å². The quantitative estimate of drug-likeness (QED) is 0.798. The van der Waals surface area contributed by atoms with Crippen LogP contribution in [-0.4, -0.2) is 59.1 Å². The number of amides is 1. The summed E-state index contributed by atoms with van der Waals surface area (Å²) in [6.07, 6.45) is 1.87. The Hall–Kier alpha value is -1.21. The van der Waals surface area contributed by atoms with Gasteiger partial charge in [0.2, 0.25) is 5.13 Å². The van der Waals surface area contributed by atoms with Crippen molar-refractivity contribution in [1.29, 1.82) is 0 Å². The molecule has 104 valence electrons. The normalized spacial score (nSPS) is 23.9. The summed E-state index contributed by atoms with van der Waals surface area (Å²) in [5, 5.41) is 0.889. The van der Waals surface area contributed by atoms with E-state index in [4.69, 9.17) is 4.74 Å². The number of carbonyl (C=O) groups is 1. The van der Waals surface area contributed by atoms with Gasteiger partial charge in [-0.2, -0.15) is 4.37 Å². The molecule has 0 saturated carbocycles. The predicted molar refractivity (Wildman–Crippen MR) is 72.4 cm³/mol. The zero-order valence-corrected chi connectivity index (χ0v) is 11.9. The zero-order chi connectivity index (χ0) is 13.2. The number of likely N-dealkylation sites (tertiary alicyclic amines) is 1. The number of carbonyl (C=O) groups excluding carboxylic acids is 1. The maximum atomic E-state index is 12.3. The lowest BCUT2D eigenvalue weighted by Crippen LogP contribution is -2.50. The molecule has 6 nitrogen and oxygen atoms in total. The molecular weight excluding hydrogens is 264 g/mol. The Morgan fingerprint density at radius 3 is 2.84 bits per heavy atom. The summed E-state index contributed by atoms with van der Waals surface area (Å²) in [4.78, 5) is 20.7. The summed E-state index contributed by atoms with van der Waals surface area (Å²) < 4.78 is 9.83. The third kappa shape index (κ3) is 2.71. The van der Waals surface area contributed by atoms with Crippen LogP contribution in [0.3, 0.4) is 0 Å². The van der Waals surface area contributed by atoms with Crippen molar-refractivity contribution in [2.45, 2.75) is 25.9 Å². The first kappa shape index (κ1) is 12.8. The van der Waals surface area contributed by atoms with E-state index in [1.807, 2.05) is 11.8 Å². The van der Waals surface area contributed by atoms with Gasteiger partial charge in [0.15, 0.2) is 6.10 Å². The first-order chi connectivity index (χ1) is 9.24. The zero-order valence-electron chi connectivity index (χ0n) is 11.0. The number of aryl methyl sites for hydroxylation is 1. The number of hydrogen-bond donors (Lipinski definition) is 0. The summed E-state index contributed by atoms with van der Waals surface area (Å²) in [5.41, 5.74) is 0. The number of nitrogens with zero attached hydrogens (tertiary/aromatic N) is 4. The molecule has 1 aromatic heterocycles. The molecule has 0 N–H and O–H groups in total. The number of hydrogen-bond acceptors (Lipinski definition) is 6. The van der Waals surface area contributed by atoms with Gasteiger partial charge in [0.05, 0.1) is 13.2 Å². The Morgan fingerprint density at radius 1 is 1.37 bits per heavy atom. The van der Waals surface area contributed by atoms with Gasteiger partial charge in [-0.1, -0.05) is 0 Å². The third-order valence-corrected chi connectivity index (χ3v) is 4.42. The van der Waals surface area contributed by atoms with E-state index in [1.165, 1.54) is 11.5 Å². The summed E-state index contributed by atoms with van der Waals surface area (Å²) >= 11 is 1.39. The van der Waals surface area contributed by atoms with Crippen LogP contribution < -0.4 is 4.90 Å². The first-order valence-corrected chi connectivity index (χ1v) is 7.47. The molecule has 2 saturated heterocycles. The molecule has 1 aromatic rings. The minimum absolute atomic E-state index is 0.128. The van der Waals surface area contributed by atoms with Gasteiger partial charge in [-0.3, -0.25) is 4.79 Å². The van der Waals surface area contributed by atoms with Crippen LogP contribution in [-0.2, 0) is 9.53 Å². The highest BCUT2D eigenvalue weighted by atomic mass is 32.1. The maximum Gasteiger partial charge on any atom is 0.253 e. The highest BCUT2D eigenvalue weighted by Gasteiger charge is 2.32. The molecule has 0 radical (unpaired) electrons. The summed E-state index contributed by atoms with van der Waals surface area (Å²) in [6.45, 7) is 5.56. The molecule has 2 aliphatic heterocycles. The molecular formula is C12H18N4O2S. The second-order valence-corrected chi connectivity index (χ2v) is 5.69. The number of aromatic nitrogens is 2. The van der Waals surface area contributed by atoms with Crippen LogP contribution >= 0.6 is 11.5 Å². The Bertz CT molecular complexity index is 458. The average Bonchev–Trinajstić information content (AvgIpc) is 3.09. The lowest BCUT2D eigenvalue weighted by Gasteiger charge is -2.33. The average molecular weight is 282 g/mol. The predicted octanol–water partition coefficient (Wildman–Crippen LogP) is 0.674. The first-order valence-electron chi connectivity index (χ1n) is 6.70.